The Labute approximate surface area is 204 Å². The monoisotopic (exact) mass is 501 g/mol. The highest BCUT2D eigenvalue weighted by molar-refractivity contribution is 5.94. The van der Waals surface area contributed by atoms with Crippen molar-refractivity contribution >= 4 is 11.6 Å². The van der Waals surface area contributed by atoms with Crippen molar-refractivity contribution in [1.82, 2.24) is 20.2 Å². The standard InChI is InChI=1S/C15H13N3O3.C9H9F3N2O/c19-15(11-4-2-1-3-5-11)17-7-6-14-12(10-17)8-13(9-16-14)18(20)21;10-9(11,12)15-7-3-6-4-13-2-1-8(6)14-5-7/h1-5,8-9H,6-7,10H2;3,5,13H,1-2,4H2. The number of hydrogen-bond donors (Lipinski definition) is 1. The summed E-state index contributed by atoms with van der Waals surface area (Å²) in [7, 11) is 0. The molecule has 36 heavy (non-hydrogen) atoms. The van der Waals surface area contributed by atoms with E-state index in [1.807, 2.05) is 18.2 Å². The number of carbonyl (C=O) groups is 1. The number of pyridine rings is 2. The van der Waals surface area contributed by atoms with E-state index in [4.69, 9.17) is 0 Å². The van der Waals surface area contributed by atoms with E-state index in [2.05, 4.69) is 20.0 Å². The lowest BCUT2D eigenvalue weighted by Crippen LogP contribution is -2.36. The lowest BCUT2D eigenvalue weighted by Gasteiger charge is -2.28. The van der Waals surface area contributed by atoms with Crippen LogP contribution in [0.1, 0.15) is 32.9 Å². The molecule has 0 unspecified atom stereocenters. The van der Waals surface area contributed by atoms with Gasteiger partial charge in [0.1, 0.15) is 11.9 Å². The number of rotatable bonds is 3. The zero-order valence-electron chi connectivity index (χ0n) is 19.0. The summed E-state index contributed by atoms with van der Waals surface area (Å²) in [6, 6.07) is 11.9. The fourth-order valence-electron chi connectivity index (χ4n) is 3.96. The second kappa shape index (κ2) is 10.7. The number of benzene rings is 1. The maximum Gasteiger partial charge on any atom is 0.573 e. The van der Waals surface area contributed by atoms with E-state index < -0.39 is 11.3 Å². The average molecular weight is 501 g/mol. The number of fused-ring (bicyclic) bond motifs is 2. The maximum absolute atomic E-state index is 12.4. The average Bonchev–Trinajstić information content (AvgIpc) is 2.87. The third kappa shape index (κ3) is 6.33. The fraction of sp³-hybridized carbons (Fsp3) is 0.292. The number of ether oxygens (including phenoxy) is 1. The minimum Gasteiger partial charge on any atom is -0.404 e. The van der Waals surface area contributed by atoms with Gasteiger partial charge in [0.15, 0.2) is 0 Å². The third-order valence-electron chi connectivity index (χ3n) is 5.67. The van der Waals surface area contributed by atoms with Gasteiger partial charge in [-0.05, 0) is 29.3 Å². The molecule has 2 aromatic heterocycles. The van der Waals surface area contributed by atoms with E-state index in [9.17, 15) is 28.1 Å². The van der Waals surface area contributed by atoms with Gasteiger partial charge in [0, 0.05) is 62.0 Å². The zero-order chi connectivity index (χ0) is 25.7. The van der Waals surface area contributed by atoms with Crippen LogP contribution in [0.2, 0.25) is 0 Å². The van der Waals surface area contributed by atoms with Gasteiger partial charge in [-0.1, -0.05) is 18.2 Å². The number of amides is 1. The van der Waals surface area contributed by atoms with E-state index in [0.717, 1.165) is 41.7 Å². The van der Waals surface area contributed by atoms with Gasteiger partial charge >= 0.3 is 6.36 Å². The second-order valence-corrected chi connectivity index (χ2v) is 8.15. The molecule has 9 nitrogen and oxygen atoms in total. The van der Waals surface area contributed by atoms with Crippen molar-refractivity contribution in [3.05, 3.63) is 93.1 Å². The van der Waals surface area contributed by atoms with Crippen LogP contribution >= 0.6 is 0 Å². The van der Waals surface area contributed by atoms with Gasteiger partial charge < -0.3 is 15.0 Å². The SMILES string of the molecule is FC(F)(F)Oc1cnc2c(c1)CNCC2.O=C(c1ccccc1)N1CCc2ncc([N+](=O)[O-])cc2C1. The molecule has 1 N–H and O–H groups in total. The zero-order valence-corrected chi connectivity index (χ0v) is 19.0. The molecule has 4 heterocycles. The lowest BCUT2D eigenvalue weighted by molar-refractivity contribution is -0.385. The summed E-state index contributed by atoms with van der Waals surface area (Å²) in [5.41, 5.74) is 3.77. The molecule has 0 aliphatic carbocycles. The molecular formula is C24H22F3N5O4. The van der Waals surface area contributed by atoms with Gasteiger partial charge in [0.25, 0.3) is 11.6 Å². The number of nitrogens with one attached hydrogen (secondary N) is 1. The smallest absolute Gasteiger partial charge is 0.404 e. The Hall–Kier alpha value is -4.06. The topological polar surface area (TPSA) is 110 Å². The third-order valence-corrected chi connectivity index (χ3v) is 5.67. The number of alkyl halides is 3. The minimum atomic E-state index is -4.65. The Morgan fingerprint density at radius 3 is 2.50 bits per heavy atom. The predicted molar refractivity (Wildman–Crippen MR) is 122 cm³/mol. The van der Waals surface area contributed by atoms with Crippen LogP contribution in [0.25, 0.3) is 0 Å². The molecule has 3 aromatic rings. The van der Waals surface area contributed by atoms with Crippen LogP contribution in [-0.4, -0.2) is 45.2 Å². The molecule has 5 rings (SSSR count). The molecule has 0 saturated heterocycles. The number of hydrogen-bond acceptors (Lipinski definition) is 7. The van der Waals surface area contributed by atoms with Crippen molar-refractivity contribution < 1.29 is 27.6 Å². The Kier molecular flexibility index (Phi) is 7.44. The summed E-state index contributed by atoms with van der Waals surface area (Å²) in [5.74, 6) is -0.322. The molecule has 0 saturated carbocycles. The normalized spacial score (nSPS) is 14.6. The molecule has 0 radical (unpaired) electrons. The molecule has 188 valence electrons. The van der Waals surface area contributed by atoms with Crippen LogP contribution in [-0.2, 0) is 25.9 Å². The predicted octanol–water partition coefficient (Wildman–Crippen LogP) is 3.81. The number of nitro groups is 1. The first kappa shape index (κ1) is 25.0. The summed E-state index contributed by atoms with van der Waals surface area (Å²) in [6.45, 7) is 2.28. The highest BCUT2D eigenvalue weighted by Crippen LogP contribution is 2.25. The summed E-state index contributed by atoms with van der Waals surface area (Å²) >= 11 is 0. The maximum atomic E-state index is 12.4. The summed E-state index contributed by atoms with van der Waals surface area (Å²) in [4.78, 5) is 32.5. The summed E-state index contributed by atoms with van der Waals surface area (Å²) < 4.78 is 39.5. The molecule has 0 spiro atoms. The van der Waals surface area contributed by atoms with Crippen molar-refractivity contribution in [1.29, 1.82) is 0 Å². The first-order valence-corrected chi connectivity index (χ1v) is 11.1. The fourth-order valence-corrected chi connectivity index (χ4v) is 3.96. The highest BCUT2D eigenvalue weighted by atomic mass is 19.4. The minimum absolute atomic E-state index is 0.0391. The van der Waals surface area contributed by atoms with Gasteiger partial charge in [-0.25, -0.2) is 0 Å². The van der Waals surface area contributed by atoms with E-state index in [1.54, 1.807) is 17.0 Å². The highest BCUT2D eigenvalue weighted by Gasteiger charge is 2.31. The Bertz CT molecular complexity index is 1250. The molecule has 0 bridgehead atoms. The molecule has 1 amide bonds. The van der Waals surface area contributed by atoms with Crippen LogP contribution in [0.4, 0.5) is 18.9 Å². The van der Waals surface area contributed by atoms with Crippen LogP contribution < -0.4 is 10.1 Å². The van der Waals surface area contributed by atoms with E-state index >= 15 is 0 Å². The van der Waals surface area contributed by atoms with E-state index in [1.165, 1.54) is 18.3 Å². The first-order chi connectivity index (χ1) is 17.2. The first-order valence-electron chi connectivity index (χ1n) is 11.1. The van der Waals surface area contributed by atoms with Crippen LogP contribution in [0, 0.1) is 10.1 Å². The van der Waals surface area contributed by atoms with Crippen LogP contribution in [0.5, 0.6) is 5.75 Å². The summed E-state index contributed by atoms with van der Waals surface area (Å²) in [5, 5.41) is 13.9. The van der Waals surface area contributed by atoms with Gasteiger partial charge in [-0.15, -0.1) is 13.2 Å². The number of carbonyl (C=O) groups excluding carboxylic acids is 1. The van der Waals surface area contributed by atoms with Crippen molar-refractivity contribution in [2.24, 2.45) is 0 Å². The van der Waals surface area contributed by atoms with E-state index in [0.29, 0.717) is 31.6 Å². The Balaban J connectivity index is 0.000000179. The second-order valence-electron chi connectivity index (χ2n) is 8.15. The van der Waals surface area contributed by atoms with Gasteiger partial charge in [0.05, 0.1) is 11.1 Å². The van der Waals surface area contributed by atoms with Gasteiger partial charge in [0.2, 0.25) is 0 Å². The molecule has 12 heteroatoms. The lowest BCUT2D eigenvalue weighted by atomic mass is 10.0. The van der Waals surface area contributed by atoms with Crippen LogP contribution in [0.15, 0.2) is 54.9 Å². The number of aromatic nitrogens is 2. The molecule has 2 aliphatic heterocycles. The number of nitrogens with zero attached hydrogens (tertiary/aromatic N) is 4. The Morgan fingerprint density at radius 2 is 1.78 bits per heavy atom. The van der Waals surface area contributed by atoms with Gasteiger partial charge in [-0.2, -0.15) is 0 Å². The molecule has 1 aromatic carbocycles. The van der Waals surface area contributed by atoms with E-state index in [-0.39, 0.29) is 17.3 Å². The molecule has 0 atom stereocenters. The van der Waals surface area contributed by atoms with Gasteiger partial charge in [-0.3, -0.25) is 24.9 Å². The molecule has 2 aliphatic rings. The Morgan fingerprint density at radius 1 is 1.06 bits per heavy atom. The summed E-state index contributed by atoms with van der Waals surface area (Å²) in [6.07, 6.45) is -0.920. The van der Waals surface area contributed by atoms with Crippen molar-refractivity contribution in [2.45, 2.75) is 32.3 Å². The number of halogens is 3. The van der Waals surface area contributed by atoms with Crippen molar-refractivity contribution in [3.8, 4) is 5.75 Å². The molecular weight excluding hydrogens is 479 g/mol. The van der Waals surface area contributed by atoms with Crippen LogP contribution in [0.3, 0.4) is 0 Å². The van der Waals surface area contributed by atoms with Crippen molar-refractivity contribution in [2.75, 3.05) is 13.1 Å². The largest absolute Gasteiger partial charge is 0.573 e. The quantitative estimate of drug-likeness (QED) is 0.429. The molecule has 0 fully saturated rings. The van der Waals surface area contributed by atoms with Crippen molar-refractivity contribution in [3.63, 3.8) is 0 Å².